The zero-order valence-corrected chi connectivity index (χ0v) is 12.4. The average molecular weight is 302 g/mol. The molecule has 0 aromatic carbocycles. The third kappa shape index (κ3) is 4.06. The van der Waals surface area contributed by atoms with Crippen LogP contribution in [0.15, 0.2) is 6.20 Å². The van der Waals surface area contributed by atoms with Crippen molar-refractivity contribution in [3.63, 3.8) is 0 Å². The molecule has 1 aliphatic heterocycles. The van der Waals surface area contributed by atoms with Crippen LogP contribution in [0.4, 0.5) is 19.1 Å². The van der Waals surface area contributed by atoms with E-state index in [-0.39, 0.29) is 13.0 Å². The van der Waals surface area contributed by atoms with Crippen molar-refractivity contribution >= 4 is 5.95 Å². The molecule has 1 fully saturated rings. The molecule has 1 aromatic heterocycles. The second kappa shape index (κ2) is 6.60. The van der Waals surface area contributed by atoms with Gasteiger partial charge in [-0.25, -0.2) is 9.97 Å². The molecule has 4 nitrogen and oxygen atoms in total. The summed E-state index contributed by atoms with van der Waals surface area (Å²) in [6.07, 6.45) is -1.72. The largest absolute Gasteiger partial charge is 0.393 e. The molecular weight excluding hydrogens is 281 g/mol. The van der Waals surface area contributed by atoms with Crippen LogP contribution < -0.4 is 10.2 Å². The Hall–Kier alpha value is -1.37. The van der Waals surface area contributed by atoms with Gasteiger partial charge in [0.25, 0.3) is 0 Å². The summed E-state index contributed by atoms with van der Waals surface area (Å²) >= 11 is 0. The van der Waals surface area contributed by atoms with Crippen LogP contribution >= 0.6 is 0 Å². The van der Waals surface area contributed by atoms with Gasteiger partial charge >= 0.3 is 6.18 Å². The minimum absolute atomic E-state index is 0.0461. The lowest BCUT2D eigenvalue weighted by Crippen LogP contribution is -2.42. The molecule has 118 valence electrons. The van der Waals surface area contributed by atoms with Crippen molar-refractivity contribution in [2.24, 2.45) is 5.92 Å². The fourth-order valence-electron chi connectivity index (χ4n) is 2.49. The quantitative estimate of drug-likeness (QED) is 0.928. The third-order valence-electron chi connectivity index (χ3n) is 3.80. The standard InChI is InChI=1S/C14H21F3N4/c1-3-18-7-11-8-19-13(20-10(11)2)21-6-4-5-12(9-21)14(15,16)17/h8,12,18H,3-7,9H2,1-2H3. The van der Waals surface area contributed by atoms with Crippen molar-refractivity contribution in [1.29, 1.82) is 0 Å². The first kappa shape index (κ1) is 16.0. The number of alkyl halides is 3. The van der Waals surface area contributed by atoms with Gasteiger partial charge in [0.15, 0.2) is 0 Å². The van der Waals surface area contributed by atoms with Crippen LogP contribution in [0.1, 0.15) is 31.0 Å². The van der Waals surface area contributed by atoms with Crippen LogP contribution in [0.2, 0.25) is 0 Å². The maximum absolute atomic E-state index is 12.8. The van der Waals surface area contributed by atoms with Gasteiger partial charge in [-0.2, -0.15) is 13.2 Å². The molecule has 0 bridgehead atoms. The van der Waals surface area contributed by atoms with Crippen LogP contribution in [-0.4, -0.2) is 35.8 Å². The number of hydrogen-bond acceptors (Lipinski definition) is 4. The number of nitrogens with one attached hydrogen (secondary N) is 1. The Bertz CT molecular complexity index is 476. The van der Waals surface area contributed by atoms with Crippen LogP contribution in [-0.2, 0) is 6.54 Å². The SMILES string of the molecule is CCNCc1cnc(N2CCCC(C(F)(F)F)C2)nc1C. The molecule has 0 radical (unpaired) electrons. The molecule has 0 saturated carbocycles. The van der Waals surface area contributed by atoms with Crippen molar-refractivity contribution in [3.05, 3.63) is 17.5 Å². The molecule has 0 spiro atoms. The van der Waals surface area contributed by atoms with Crippen molar-refractivity contribution in [1.82, 2.24) is 15.3 Å². The smallest absolute Gasteiger partial charge is 0.340 e. The Balaban J connectivity index is 2.09. The number of aryl methyl sites for hydroxylation is 1. The van der Waals surface area contributed by atoms with E-state index >= 15 is 0 Å². The molecular formula is C14H21F3N4. The first-order valence-corrected chi connectivity index (χ1v) is 7.26. The second-order valence-electron chi connectivity index (χ2n) is 5.39. The highest BCUT2D eigenvalue weighted by atomic mass is 19.4. The average Bonchev–Trinajstić information content (AvgIpc) is 2.45. The molecule has 1 unspecified atom stereocenters. The van der Waals surface area contributed by atoms with E-state index in [1.54, 1.807) is 11.1 Å². The van der Waals surface area contributed by atoms with E-state index in [0.29, 0.717) is 25.5 Å². The van der Waals surface area contributed by atoms with Crippen molar-refractivity contribution < 1.29 is 13.2 Å². The molecule has 0 amide bonds. The van der Waals surface area contributed by atoms with E-state index in [1.165, 1.54) is 0 Å². The fraction of sp³-hybridized carbons (Fsp3) is 0.714. The summed E-state index contributed by atoms with van der Waals surface area (Å²) in [6, 6.07) is 0. The summed E-state index contributed by atoms with van der Waals surface area (Å²) in [5.74, 6) is -0.877. The van der Waals surface area contributed by atoms with E-state index in [2.05, 4.69) is 15.3 Å². The van der Waals surface area contributed by atoms with E-state index in [1.807, 2.05) is 13.8 Å². The molecule has 0 aliphatic carbocycles. The number of nitrogens with zero attached hydrogens (tertiary/aromatic N) is 3. The fourth-order valence-corrected chi connectivity index (χ4v) is 2.49. The monoisotopic (exact) mass is 302 g/mol. The molecule has 21 heavy (non-hydrogen) atoms. The zero-order chi connectivity index (χ0) is 15.5. The molecule has 1 aromatic rings. The molecule has 1 atom stereocenters. The summed E-state index contributed by atoms with van der Waals surface area (Å²) in [4.78, 5) is 10.3. The van der Waals surface area contributed by atoms with Gasteiger partial charge in [0.1, 0.15) is 0 Å². The predicted octanol–water partition coefficient (Wildman–Crippen LogP) is 2.67. The highest BCUT2D eigenvalue weighted by Crippen LogP contribution is 2.34. The Morgan fingerprint density at radius 3 is 2.81 bits per heavy atom. The number of rotatable bonds is 4. The summed E-state index contributed by atoms with van der Waals surface area (Å²) < 4.78 is 38.5. The second-order valence-corrected chi connectivity index (χ2v) is 5.39. The lowest BCUT2D eigenvalue weighted by molar-refractivity contribution is -0.176. The van der Waals surface area contributed by atoms with E-state index < -0.39 is 12.1 Å². The molecule has 7 heteroatoms. The Labute approximate surface area is 122 Å². The number of halogens is 3. The van der Waals surface area contributed by atoms with Gasteiger partial charge in [0.05, 0.1) is 5.92 Å². The lowest BCUT2D eigenvalue weighted by atomic mass is 9.98. The first-order valence-electron chi connectivity index (χ1n) is 7.26. The minimum atomic E-state index is -4.14. The summed E-state index contributed by atoms with van der Waals surface area (Å²) in [6.45, 7) is 5.93. The van der Waals surface area contributed by atoms with Gasteiger partial charge in [-0.1, -0.05) is 6.92 Å². The van der Waals surface area contributed by atoms with Crippen molar-refractivity contribution in [2.75, 3.05) is 24.5 Å². The van der Waals surface area contributed by atoms with Gasteiger partial charge in [-0.15, -0.1) is 0 Å². The third-order valence-corrected chi connectivity index (χ3v) is 3.80. The van der Waals surface area contributed by atoms with E-state index in [4.69, 9.17) is 0 Å². The molecule has 2 rings (SSSR count). The van der Waals surface area contributed by atoms with E-state index in [0.717, 1.165) is 17.8 Å². The number of aromatic nitrogens is 2. The number of hydrogen-bond donors (Lipinski definition) is 1. The molecule has 1 N–H and O–H groups in total. The number of piperidine rings is 1. The minimum Gasteiger partial charge on any atom is -0.340 e. The highest BCUT2D eigenvalue weighted by molar-refractivity contribution is 5.33. The molecule has 1 saturated heterocycles. The highest BCUT2D eigenvalue weighted by Gasteiger charge is 2.42. The summed E-state index contributed by atoms with van der Waals surface area (Å²) in [5, 5.41) is 3.19. The van der Waals surface area contributed by atoms with Crippen molar-refractivity contribution in [3.8, 4) is 0 Å². The first-order chi connectivity index (χ1) is 9.91. The summed E-state index contributed by atoms with van der Waals surface area (Å²) in [5.41, 5.74) is 1.79. The maximum Gasteiger partial charge on any atom is 0.393 e. The Morgan fingerprint density at radius 1 is 1.43 bits per heavy atom. The predicted molar refractivity (Wildman–Crippen MR) is 75.1 cm³/mol. The zero-order valence-electron chi connectivity index (χ0n) is 12.4. The van der Waals surface area contributed by atoms with Gasteiger partial charge < -0.3 is 10.2 Å². The Kier molecular flexibility index (Phi) is 5.03. The van der Waals surface area contributed by atoms with Crippen LogP contribution in [0.25, 0.3) is 0 Å². The van der Waals surface area contributed by atoms with Gasteiger partial charge in [0.2, 0.25) is 5.95 Å². The molecule has 2 heterocycles. The van der Waals surface area contributed by atoms with Crippen LogP contribution in [0, 0.1) is 12.8 Å². The van der Waals surface area contributed by atoms with Crippen LogP contribution in [0.3, 0.4) is 0 Å². The van der Waals surface area contributed by atoms with Crippen molar-refractivity contribution in [2.45, 2.75) is 39.4 Å². The van der Waals surface area contributed by atoms with E-state index in [9.17, 15) is 13.2 Å². The molecule has 1 aliphatic rings. The Morgan fingerprint density at radius 2 is 2.19 bits per heavy atom. The lowest BCUT2D eigenvalue weighted by Gasteiger charge is -2.33. The topological polar surface area (TPSA) is 41.1 Å². The van der Waals surface area contributed by atoms with Gasteiger partial charge in [0, 0.05) is 37.1 Å². The van der Waals surface area contributed by atoms with Crippen LogP contribution in [0.5, 0.6) is 0 Å². The normalized spacial score (nSPS) is 19.9. The van der Waals surface area contributed by atoms with Gasteiger partial charge in [-0.05, 0) is 26.3 Å². The maximum atomic E-state index is 12.8. The number of anilines is 1. The summed E-state index contributed by atoms with van der Waals surface area (Å²) in [7, 11) is 0. The van der Waals surface area contributed by atoms with Gasteiger partial charge in [-0.3, -0.25) is 0 Å².